The van der Waals surface area contributed by atoms with Crippen LogP contribution in [-0.4, -0.2) is 23.4 Å². The summed E-state index contributed by atoms with van der Waals surface area (Å²) >= 11 is 0. The van der Waals surface area contributed by atoms with E-state index in [4.69, 9.17) is 0 Å². The molecule has 1 saturated heterocycles. The number of hydrogen-bond donors (Lipinski definition) is 4. The average Bonchev–Trinajstić information content (AvgIpc) is 3.12. The molecule has 0 spiro atoms. The third-order valence-electron chi connectivity index (χ3n) is 4.06. The Morgan fingerprint density at radius 1 is 1.12 bits per heavy atom. The molecule has 0 aliphatic carbocycles. The van der Waals surface area contributed by atoms with E-state index in [1.54, 1.807) is 6.07 Å². The SMILES string of the molecule is O=C(NCCc1cccc([N+](=O)[O-])c1)C1NNNC1c1ccccc1. The summed E-state index contributed by atoms with van der Waals surface area (Å²) in [6, 6.07) is 15.5. The number of benzene rings is 2. The first-order valence-electron chi connectivity index (χ1n) is 7.97. The monoisotopic (exact) mass is 341 g/mol. The number of carbonyl (C=O) groups is 1. The Kier molecular flexibility index (Phi) is 5.34. The summed E-state index contributed by atoms with van der Waals surface area (Å²) in [5.74, 6) is -0.142. The summed E-state index contributed by atoms with van der Waals surface area (Å²) < 4.78 is 0. The van der Waals surface area contributed by atoms with E-state index in [1.807, 2.05) is 36.4 Å². The summed E-state index contributed by atoms with van der Waals surface area (Å²) in [6.07, 6.45) is 0.525. The molecule has 8 heteroatoms. The lowest BCUT2D eigenvalue weighted by molar-refractivity contribution is -0.384. The average molecular weight is 341 g/mol. The molecule has 130 valence electrons. The Hall–Kier alpha value is -2.81. The molecule has 25 heavy (non-hydrogen) atoms. The van der Waals surface area contributed by atoms with Gasteiger partial charge in [0.05, 0.1) is 11.0 Å². The molecule has 1 aliphatic rings. The molecule has 1 amide bonds. The summed E-state index contributed by atoms with van der Waals surface area (Å²) in [5.41, 5.74) is 10.6. The lowest BCUT2D eigenvalue weighted by Gasteiger charge is -2.18. The van der Waals surface area contributed by atoms with Gasteiger partial charge in [-0.15, -0.1) is 0 Å². The Morgan fingerprint density at radius 2 is 1.92 bits per heavy atom. The van der Waals surface area contributed by atoms with Gasteiger partial charge < -0.3 is 5.32 Å². The van der Waals surface area contributed by atoms with Gasteiger partial charge in [-0.25, -0.2) is 10.9 Å². The molecule has 3 rings (SSSR count). The summed E-state index contributed by atoms with van der Waals surface area (Å²) in [5, 5.41) is 13.7. The van der Waals surface area contributed by atoms with Gasteiger partial charge in [0.2, 0.25) is 5.91 Å². The van der Waals surface area contributed by atoms with E-state index in [-0.39, 0.29) is 17.6 Å². The molecule has 0 aromatic heterocycles. The number of carbonyl (C=O) groups excluding carboxylic acids is 1. The second-order valence-corrected chi connectivity index (χ2v) is 5.75. The molecule has 2 atom stereocenters. The lowest BCUT2D eigenvalue weighted by Crippen LogP contribution is -2.45. The van der Waals surface area contributed by atoms with Gasteiger partial charge in [-0.3, -0.25) is 14.9 Å². The Labute approximate surface area is 144 Å². The van der Waals surface area contributed by atoms with Crippen molar-refractivity contribution in [2.45, 2.75) is 18.5 Å². The number of nitro groups is 1. The molecule has 2 aromatic carbocycles. The van der Waals surface area contributed by atoms with Gasteiger partial charge in [-0.05, 0) is 17.5 Å². The van der Waals surface area contributed by atoms with E-state index in [9.17, 15) is 14.9 Å². The van der Waals surface area contributed by atoms with E-state index in [0.717, 1.165) is 11.1 Å². The van der Waals surface area contributed by atoms with Crippen LogP contribution in [0, 0.1) is 10.1 Å². The summed E-state index contributed by atoms with van der Waals surface area (Å²) in [6.45, 7) is 0.402. The maximum Gasteiger partial charge on any atom is 0.269 e. The third-order valence-corrected chi connectivity index (χ3v) is 4.06. The standard InChI is InChI=1S/C17H19N5O3/c23-17(16-15(19-21-20-16)13-6-2-1-3-7-13)18-10-9-12-5-4-8-14(11-12)22(24)25/h1-8,11,15-16,19-21H,9-10H2,(H,18,23). The molecule has 0 saturated carbocycles. The fourth-order valence-electron chi connectivity index (χ4n) is 2.78. The minimum Gasteiger partial charge on any atom is -0.354 e. The molecule has 2 aromatic rings. The van der Waals surface area contributed by atoms with E-state index < -0.39 is 11.0 Å². The first-order chi connectivity index (χ1) is 12.1. The predicted octanol–water partition coefficient (Wildman–Crippen LogP) is 0.976. The minimum absolute atomic E-state index is 0.0545. The molecule has 0 bridgehead atoms. The van der Waals surface area contributed by atoms with Crippen LogP contribution in [0.3, 0.4) is 0 Å². The van der Waals surface area contributed by atoms with E-state index in [0.29, 0.717) is 13.0 Å². The molecule has 0 radical (unpaired) electrons. The van der Waals surface area contributed by atoms with Crippen LogP contribution in [0.5, 0.6) is 0 Å². The first kappa shape index (κ1) is 17.0. The number of rotatable bonds is 6. The number of hydrogen-bond acceptors (Lipinski definition) is 6. The second kappa shape index (κ2) is 7.84. The molecule has 8 nitrogen and oxygen atoms in total. The number of amides is 1. The van der Waals surface area contributed by atoms with Gasteiger partial charge in [0, 0.05) is 18.7 Å². The van der Waals surface area contributed by atoms with Crippen molar-refractivity contribution in [2.75, 3.05) is 6.54 Å². The van der Waals surface area contributed by atoms with Crippen LogP contribution in [0.2, 0.25) is 0 Å². The van der Waals surface area contributed by atoms with Gasteiger partial charge in [0.1, 0.15) is 6.04 Å². The molecule has 2 unspecified atom stereocenters. The van der Waals surface area contributed by atoms with Crippen LogP contribution in [0.25, 0.3) is 0 Å². The van der Waals surface area contributed by atoms with Crippen LogP contribution in [-0.2, 0) is 11.2 Å². The van der Waals surface area contributed by atoms with Crippen molar-refractivity contribution in [3.63, 3.8) is 0 Å². The van der Waals surface area contributed by atoms with Crippen molar-refractivity contribution >= 4 is 11.6 Å². The number of nitro benzene ring substituents is 1. The molecule has 1 fully saturated rings. The van der Waals surface area contributed by atoms with Gasteiger partial charge >= 0.3 is 0 Å². The highest BCUT2D eigenvalue weighted by Gasteiger charge is 2.33. The number of nitrogens with zero attached hydrogens (tertiary/aromatic N) is 1. The number of non-ortho nitro benzene ring substituents is 1. The third kappa shape index (κ3) is 4.18. The normalized spacial score (nSPS) is 19.5. The highest BCUT2D eigenvalue weighted by molar-refractivity contribution is 5.83. The van der Waals surface area contributed by atoms with Gasteiger partial charge in [0.25, 0.3) is 5.69 Å². The zero-order chi connectivity index (χ0) is 17.6. The van der Waals surface area contributed by atoms with Crippen molar-refractivity contribution < 1.29 is 9.72 Å². The largest absolute Gasteiger partial charge is 0.354 e. The Bertz CT molecular complexity index is 753. The molecule has 4 N–H and O–H groups in total. The van der Waals surface area contributed by atoms with Gasteiger partial charge in [0.15, 0.2) is 0 Å². The van der Waals surface area contributed by atoms with Gasteiger partial charge in [-0.2, -0.15) is 5.53 Å². The van der Waals surface area contributed by atoms with Crippen molar-refractivity contribution in [3.05, 3.63) is 75.8 Å². The minimum atomic E-state index is -0.451. The van der Waals surface area contributed by atoms with Crippen LogP contribution in [0.1, 0.15) is 17.2 Å². The summed E-state index contributed by atoms with van der Waals surface area (Å²) in [7, 11) is 0. The van der Waals surface area contributed by atoms with Crippen molar-refractivity contribution in [2.24, 2.45) is 0 Å². The quantitative estimate of drug-likeness (QED) is 0.461. The van der Waals surface area contributed by atoms with Crippen molar-refractivity contribution in [1.82, 2.24) is 21.7 Å². The van der Waals surface area contributed by atoms with E-state index in [2.05, 4.69) is 21.7 Å². The molecular weight excluding hydrogens is 322 g/mol. The fourth-order valence-corrected chi connectivity index (χ4v) is 2.78. The summed E-state index contributed by atoms with van der Waals surface area (Å²) in [4.78, 5) is 22.8. The lowest BCUT2D eigenvalue weighted by atomic mass is 10.0. The Morgan fingerprint density at radius 3 is 2.68 bits per heavy atom. The highest BCUT2D eigenvalue weighted by atomic mass is 16.6. The second-order valence-electron chi connectivity index (χ2n) is 5.75. The first-order valence-corrected chi connectivity index (χ1v) is 7.97. The van der Waals surface area contributed by atoms with E-state index in [1.165, 1.54) is 12.1 Å². The molecular formula is C17H19N5O3. The number of nitrogens with one attached hydrogen (secondary N) is 4. The maximum atomic E-state index is 12.4. The van der Waals surface area contributed by atoms with Crippen LogP contribution >= 0.6 is 0 Å². The van der Waals surface area contributed by atoms with Gasteiger partial charge in [-0.1, -0.05) is 42.5 Å². The number of hydrazine groups is 2. The zero-order valence-corrected chi connectivity index (χ0v) is 13.4. The van der Waals surface area contributed by atoms with Crippen LogP contribution in [0.15, 0.2) is 54.6 Å². The fraction of sp³-hybridized carbons (Fsp3) is 0.235. The topological polar surface area (TPSA) is 108 Å². The smallest absolute Gasteiger partial charge is 0.269 e. The highest BCUT2D eigenvalue weighted by Crippen LogP contribution is 2.18. The zero-order valence-electron chi connectivity index (χ0n) is 13.4. The molecule has 1 heterocycles. The predicted molar refractivity (Wildman–Crippen MR) is 92.2 cm³/mol. The van der Waals surface area contributed by atoms with Crippen molar-refractivity contribution in [3.8, 4) is 0 Å². The Balaban J connectivity index is 1.55. The maximum absolute atomic E-state index is 12.4. The van der Waals surface area contributed by atoms with Crippen LogP contribution < -0.4 is 21.7 Å². The van der Waals surface area contributed by atoms with E-state index >= 15 is 0 Å². The van der Waals surface area contributed by atoms with Crippen LogP contribution in [0.4, 0.5) is 5.69 Å². The molecule has 1 aliphatic heterocycles. The van der Waals surface area contributed by atoms with Crippen molar-refractivity contribution in [1.29, 1.82) is 0 Å².